The normalized spacial score (nSPS) is 28.6. The average molecular weight is 298 g/mol. The van der Waals surface area contributed by atoms with Gasteiger partial charge in [-0.25, -0.2) is 4.79 Å². The Balaban J connectivity index is 2.41. The first-order valence-electron chi connectivity index (χ1n) is 6.50. The number of nitrogens with zero attached hydrogens (tertiary/aromatic N) is 1. The summed E-state index contributed by atoms with van der Waals surface area (Å²) in [5.74, 6) is -0.516. The molecule has 21 heavy (non-hydrogen) atoms. The summed E-state index contributed by atoms with van der Waals surface area (Å²) in [7, 11) is 1.26. The number of rotatable bonds is 3. The number of carbonyl (C=O) groups excluding carboxylic acids is 1. The minimum Gasteiger partial charge on any atom is -0.469 e. The number of ether oxygens (including phenoxy) is 2. The number of hydrogen-bond donors (Lipinski definition) is 2. The summed E-state index contributed by atoms with van der Waals surface area (Å²) in [6, 6.07) is 0. The molecule has 8 nitrogen and oxygen atoms in total. The summed E-state index contributed by atoms with van der Waals surface area (Å²) in [4.78, 5) is 37.4. The van der Waals surface area contributed by atoms with Crippen LogP contribution in [0.3, 0.4) is 0 Å². The number of nitrogens with one attached hydrogen (secondary N) is 1. The second-order valence-electron chi connectivity index (χ2n) is 5.35. The molecule has 2 rings (SSSR count). The number of aromatic nitrogens is 2. The van der Waals surface area contributed by atoms with Crippen LogP contribution >= 0.6 is 0 Å². The van der Waals surface area contributed by atoms with E-state index in [2.05, 4.69) is 4.98 Å². The van der Waals surface area contributed by atoms with Crippen molar-refractivity contribution >= 4 is 5.97 Å². The number of aliphatic hydroxyl groups is 1. The largest absolute Gasteiger partial charge is 0.469 e. The van der Waals surface area contributed by atoms with E-state index in [0.29, 0.717) is 5.56 Å². The van der Waals surface area contributed by atoms with Gasteiger partial charge >= 0.3 is 11.7 Å². The van der Waals surface area contributed by atoms with Crippen molar-refractivity contribution in [3.8, 4) is 0 Å². The van der Waals surface area contributed by atoms with Gasteiger partial charge in [-0.15, -0.1) is 0 Å². The van der Waals surface area contributed by atoms with Crippen molar-refractivity contribution in [2.24, 2.45) is 5.41 Å². The summed E-state index contributed by atoms with van der Waals surface area (Å²) < 4.78 is 11.6. The number of aliphatic hydroxyl groups excluding tert-OH is 1. The SMILES string of the molecule is COC(=O)C1(C)CC(n2cc(C)c(=O)[nH]c2=O)OC1CO. The molecule has 0 spiro atoms. The third-order valence-corrected chi connectivity index (χ3v) is 3.90. The molecule has 1 aromatic rings. The highest BCUT2D eigenvalue weighted by atomic mass is 16.5. The fourth-order valence-corrected chi connectivity index (χ4v) is 2.54. The Kier molecular flexibility index (Phi) is 4.02. The van der Waals surface area contributed by atoms with E-state index in [9.17, 15) is 19.5 Å². The molecule has 1 aliphatic heterocycles. The van der Waals surface area contributed by atoms with Crippen LogP contribution in [0.15, 0.2) is 15.8 Å². The number of esters is 1. The molecule has 2 N–H and O–H groups in total. The molecule has 116 valence electrons. The quantitative estimate of drug-likeness (QED) is 0.714. The van der Waals surface area contributed by atoms with Gasteiger partial charge in [0.2, 0.25) is 0 Å². The molecule has 1 aromatic heterocycles. The highest BCUT2D eigenvalue weighted by Crippen LogP contribution is 2.43. The molecule has 3 atom stereocenters. The Morgan fingerprint density at radius 2 is 2.29 bits per heavy atom. The molecule has 0 aliphatic carbocycles. The summed E-state index contributed by atoms with van der Waals surface area (Å²) in [5.41, 5.74) is -1.80. The zero-order valence-corrected chi connectivity index (χ0v) is 12.1. The third kappa shape index (κ3) is 2.52. The van der Waals surface area contributed by atoms with Gasteiger partial charge in [0.05, 0.1) is 25.2 Å². The molecule has 1 saturated heterocycles. The average Bonchev–Trinajstić information content (AvgIpc) is 2.80. The van der Waals surface area contributed by atoms with Gasteiger partial charge in [0, 0.05) is 18.2 Å². The number of hydrogen-bond acceptors (Lipinski definition) is 6. The highest BCUT2D eigenvalue weighted by Gasteiger charge is 2.52. The van der Waals surface area contributed by atoms with Gasteiger partial charge in [0.15, 0.2) is 0 Å². The maximum atomic E-state index is 11.9. The summed E-state index contributed by atoms with van der Waals surface area (Å²) in [5, 5.41) is 9.40. The molecule has 8 heteroatoms. The van der Waals surface area contributed by atoms with Crippen LogP contribution in [0.25, 0.3) is 0 Å². The molecule has 3 unspecified atom stereocenters. The number of carbonyl (C=O) groups is 1. The van der Waals surface area contributed by atoms with E-state index in [1.54, 1.807) is 13.8 Å². The minimum absolute atomic E-state index is 0.163. The Morgan fingerprint density at radius 3 is 2.86 bits per heavy atom. The van der Waals surface area contributed by atoms with Gasteiger partial charge in [-0.2, -0.15) is 0 Å². The van der Waals surface area contributed by atoms with Crippen LogP contribution < -0.4 is 11.2 Å². The monoisotopic (exact) mass is 298 g/mol. The lowest BCUT2D eigenvalue weighted by molar-refractivity contribution is -0.156. The van der Waals surface area contributed by atoms with Crippen molar-refractivity contribution in [1.82, 2.24) is 9.55 Å². The first kappa shape index (κ1) is 15.5. The number of methoxy groups -OCH3 is 1. The topological polar surface area (TPSA) is 111 Å². The number of H-pyrrole nitrogens is 1. The number of aromatic amines is 1. The van der Waals surface area contributed by atoms with E-state index in [-0.39, 0.29) is 13.0 Å². The molecule has 0 saturated carbocycles. The second kappa shape index (κ2) is 5.45. The van der Waals surface area contributed by atoms with Crippen molar-refractivity contribution in [3.63, 3.8) is 0 Å². The molecule has 0 aromatic carbocycles. The van der Waals surface area contributed by atoms with Crippen molar-refractivity contribution in [2.75, 3.05) is 13.7 Å². The predicted molar refractivity (Wildman–Crippen MR) is 71.8 cm³/mol. The third-order valence-electron chi connectivity index (χ3n) is 3.90. The van der Waals surface area contributed by atoms with Gasteiger partial charge in [-0.1, -0.05) is 0 Å². The summed E-state index contributed by atoms with van der Waals surface area (Å²) >= 11 is 0. The van der Waals surface area contributed by atoms with Gasteiger partial charge in [0.1, 0.15) is 6.23 Å². The molecule has 0 amide bonds. The van der Waals surface area contributed by atoms with Crippen molar-refractivity contribution in [3.05, 3.63) is 32.6 Å². The zero-order valence-electron chi connectivity index (χ0n) is 12.1. The predicted octanol–water partition coefficient (Wildman–Crippen LogP) is -0.696. The summed E-state index contributed by atoms with van der Waals surface area (Å²) in [6.07, 6.45) is 0.00271. The van der Waals surface area contributed by atoms with E-state index in [1.807, 2.05) is 0 Å². The lowest BCUT2D eigenvalue weighted by atomic mass is 9.83. The number of aryl methyl sites for hydroxylation is 1. The van der Waals surface area contributed by atoms with Crippen molar-refractivity contribution < 1.29 is 19.4 Å². The Labute approximate surface area is 120 Å². The molecule has 1 fully saturated rings. The Hall–Kier alpha value is -1.93. The van der Waals surface area contributed by atoms with Crippen LogP contribution in [0.1, 0.15) is 25.1 Å². The smallest absolute Gasteiger partial charge is 0.330 e. The lowest BCUT2D eigenvalue weighted by Gasteiger charge is -2.24. The molecular weight excluding hydrogens is 280 g/mol. The van der Waals surface area contributed by atoms with Gasteiger partial charge in [-0.05, 0) is 13.8 Å². The molecule has 0 bridgehead atoms. The fourth-order valence-electron chi connectivity index (χ4n) is 2.54. The van der Waals surface area contributed by atoms with Crippen molar-refractivity contribution in [2.45, 2.75) is 32.6 Å². The van der Waals surface area contributed by atoms with Crippen molar-refractivity contribution in [1.29, 1.82) is 0 Å². The van der Waals surface area contributed by atoms with Crippen LogP contribution in [0, 0.1) is 12.3 Å². The first-order valence-corrected chi connectivity index (χ1v) is 6.50. The van der Waals surface area contributed by atoms with E-state index in [1.165, 1.54) is 17.9 Å². The van der Waals surface area contributed by atoms with Crippen LogP contribution in [0.5, 0.6) is 0 Å². The highest BCUT2D eigenvalue weighted by molar-refractivity contribution is 5.77. The van der Waals surface area contributed by atoms with Crippen LogP contribution in [0.4, 0.5) is 0 Å². The summed E-state index contributed by atoms with van der Waals surface area (Å²) in [6.45, 7) is 2.80. The zero-order chi connectivity index (χ0) is 15.8. The molecular formula is C13H18N2O6. The maximum Gasteiger partial charge on any atom is 0.330 e. The van der Waals surface area contributed by atoms with E-state index in [0.717, 1.165) is 0 Å². The lowest BCUT2D eigenvalue weighted by Crippen LogP contribution is -2.39. The maximum absolute atomic E-state index is 11.9. The second-order valence-corrected chi connectivity index (χ2v) is 5.35. The van der Waals surface area contributed by atoms with E-state index in [4.69, 9.17) is 9.47 Å². The molecule has 1 aliphatic rings. The van der Waals surface area contributed by atoms with Crippen LogP contribution in [-0.2, 0) is 14.3 Å². The minimum atomic E-state index is -1.06. The Morgan fingerprint density at radius 1 is 1.62 bits per heavy atom. The first-order chi connectivity index (χ1) is 9.83. The Bertz CT molecular complexity index is 663. The van der Waals surface area contributed by atoms with E-state index < -0.39 is 35.0 Å². The molecule has 2 heterocycles. The standard InChI is InChI=1S/C13H18N2O6/c1-7-5-15(12(19)14-10(7)17)9-4-13(2,11(18)20-3)8(6-16)21-9/h5,8-9,16H,4,6H2,1-3H3,(H,14,17,19). The van der Waals surface area contributed by atoms with Crippen LogP contribution in [-0.4, -0.2) is 40.4 Å². The van der Waals surface area contributed by atoms with Crippen LogP contribution in [0.2, 0.25) is 0 Å². The fraction of sp³-hybridized carbons (Fsp3) is 0.615. The molecule has 0 radical (unpaired) electrons. The van der Waals surface area contributed by atoms with Gasteiger partial charge in [-0.3, -0.25) is 19.1 Å². The van der Waals surface area contributed by atoms with Gasteiger partial charge < -0.3 is 14.6 Å². The van der Waals surface area contributed by atoms with Gasteiger partial charge in [0.25, 0.3) is 5.56 Å². The van der Waals surface area contributed by atoms with E-state index >= 15 is 0 Å².